The Bertz CT molecular complexity index is 1080. The second kappa shape index (κ2) is 6.42. The first-order valence-electron chi connectivity index (χ1n) is 9.12. The van der Waals surface area contributed by atoms with E-state index in [1.54, 1.807) is 6.20 Å². The van der Waals surface area contributed by atoms with Gasteiger partial charge in [0.1, 0.15) is 11.6 Å². The number of aryl methyl sites for hydroxylation is 1. The molecule has 4 aromatic rings. The van der Waals surface area contributed by atoms with Crippen LogP contribution in [0, 0.1) is 6.92 Å². The van der Waals surface area contributed by atoms with Gasteiger partial charge in [0.05, 0.1) is 22.8 Å². The number of imidazole rings is 1. The van der Waals surface area contributed by atoms with Gasteiger partial charge in [0.15, 0.2) is 0 Å². The Morgan fingerprint density at radius 3 is 2.44 bits per heavy atom. The molecule has 7 heteroatoms. The number of nitrogens with zero attached hydrogens (tertiary/aromatic N) is 7. The van der Waals surface area contributed by atoms with Crippen molar-refractivity contribution in [1.82, 2.24) is 29.5 Å². The van der Waals surface area contributed by atoms with Gasteiger partial charge in [-0.25, -0.2) is 19.9 Å². The Balaban J connectivity index is 1.64. The number of aromatic nitrogens is 6. The van der Waals surface area contributed by atoms with E-state index in [4.69, 9.17) is 4.98 Å². The van der Waals surface area contributed by atoms with Crippen molar-refractivity contribution in [2.75, 3.05) is 18.0 Å². The molecule has 0 saturated carbocycles. The molecule has 0 aromatic carbocycles. The summed E-state index contributed by atoms with van der Waals surface area (Å²) in [6, 6.07) is 5.94. The summed E-state index contributed by atoms with van der Waals surface area (Å²) < 4.78 is 2.01. The molecule has 27 heavy (non-hydrogen) atoms. The molecule has 5 rings (SSSR count). The van der Waals surface area contributed by atoms with Crippen molar-refractivity contribution in [1.29, 1.82) is 0 Å². The average Bonchev–Trinajstić information content (AvgIpc) is 3.37. The molecular weight excluding hydrogens is 338 g/mol. The van der Waals surface area contributed by atoms with Crippen LogP contribution < -0.4 is 4.90 Å². The monoisotopic (exact) mass is 357 g/mol. The van der Waals surface area contributed by atoms with Crippen LogP contribution in [0.2, 0.25) is 0 Å². The Morgan fingerprint density at radius 2 is 1.70 bits per heavy atom. The minimum Gasteiger partial charge on any atom is -0.341 e. The number of fused-ring (bicyclic) bond motifs is 1. The Morgan fingerprint density at radius 1 is 0.889 bits per heavy atom. The zero-order valence-electron chi connectivity index (χ0n) is 15.1. The second-order valence-electron chi connectivity index (χ2n) is 6.79. The maximum Gasteiger partial charge on any atom is 0.225 e. The highest BCUT2D eigenvalue weighted by Gasteiger charge is 2.18. The first-order chi connectivity index (χ1) is 13.3. The van der Waals surface area contributed by atoms with Crippen LogP contribution >= 0.6 is 0 Å². The van der Waals surface area contributed by atoms with Crippen LogP contribution in [-0.4, -0.2) is 42.6 Å². The molecule has 7 nitrogen and oxygen atoms in total. The standard InChI is InChI=1S/C20H19N7/c1-14-4-5-18(22-10-14)27-17-13-21-7-6-16(17)25-19(27)15-11-23-20(24-12-15)26-8-2-3-9-26/h4-7,10-13H,2-3,8-9H2,1H3. The Hall–Kier alpha value is -3.35. The highest BCUT2D eigenvalue weighted by Crippen LogP contribution is 2.27. The lowest BCUT2D eigenvalue weighted by Gasteiger charge is -2.14. The smallest absolute Gasteiger partial charge is 0.225 e. The van der Waals surface area contributed by atoms with Crippen molar-refractivity contribution in [2.45, 2.75) is 19.8 Å². The summed E-state index contributed by atoms with van der Waals surface area (Å²) in [5.41, 5.74) is 3.75. The van der Waals surface area contributed by atoms with E-state index in [1.807, 2.05) is 54.5 Å². The van der Waals surface area contributed by atoms with Crippen molar-refractivity contribution in [2.24, 2.45) is 0 Å². The van der Waals surface area contributed by atoms with Gasteiger partial charge in [-0.05, 0) is 37.5 Å². The van der Waals surface area contributed by atoms with Gasteiger partial charge < -0.3 is 4.90 Å². The lowest BCUT2D eigenvalue weighted by molar-refractivity contribution is 0.897. The van der Waals surface area contributed by atoms with E-state index in [0.717, 1.165) is 52.8 Å². The van der Waals surface area contributed by atoms with Crippen LogP contribution in [0.15, 0.2) is 49.2 Å². The molecule has 1 aliphatic rings. The fourth-order valence-corrected chi connectivity index (χ4v) is 3.46. The van der Waals surface area contributed by atoms with Crippen LogP contribution in [0.3, 0.4) is 0 Å². The van der Waals surface area contributed by atoms with Gasteiger partial charge in [-0.2, -0.15) is 0 Å². The van der Waals surface area contributed by atoms with Gasteiger partial charge in [0.2, 0.25) is 5.95 Å². The van der Waals surface area contributed by atoms with E-state index in [-0.39, 0.29) is 0 Å². The minimum absolute atomic E-state index is 0.766. The quantitative estimate of drug-likeness (QED) is 0.561. The Kier molecular flexibility index (Phi) is 3.78. The van der Waals surface area contributed by atoms with E-state index < -0.39 is 0 Å². The maximum absolute atomic E-state index is 4.80. The number of anilines is 1. The van der Waals surface area contributed by atoms with Gasteiger partial charge in [-0.1, -0.05) is 6.07 Å². The third-order valence-electron chi connectivity index (χ3n) is 4.87. The summed E-state index contributed by atoms with van der Waals surface area (Å²) in [4.78, 5) is 25.0. The van der Waals surface area contributed by atoms with E-state index >= 15 is 0 Å². The largest absolute Gasteiger partial charge is 0.341 e. The van der Waals surface area contributed by atoms with Crippen molar-refractivity contribution in [3.8, 4) is 17.2 Å². The number of rotatable bonds is 3. The molecule has 1 saturated heterocycles. The molecule has 0 amide bonds. The first-order valence-corrected chi connectivity index (χ1v) is 9.12. The van der Waals surface area contributed by atoms with E-state index in [9.17, 15) is 0 Å². The molecule has 0 atom stereocenters. The molecule has 1 fully saturated rings. The van der Waals surface area contributed by atoms with Gasteiger partial charge in [-0.3, -0.25) is 9.55 Å². The highest BCUT2D eigenvalue weighted by molar-refractivity contribution is 5.81. The lowest BCUT2D eigenvalue weighted by atomic mass is 10.3. The minimum atomic E-state index is 0.766. The fourth-order valence-electron chi connectivity index (χ4n) is 3.46. The summed E-state index contributed by atoms with van der Waals surface area (Å²) in [6.07, 6.45) is 11.5. The topological polar surface area (TPSA) is 72.6 Å². The summed E-state index contributed by atoms with van der Waals surface area (Å²) in [7, 11) is 0. The van der Waals surface area contributed by atoms with Crippen LogP contribution in [0.5, 0.6) is 0 Å². The van der Waals surface area contributed by atoms with Crippen LogP contribution in [0.25, 0.3) is 28.2 Å². The number of pyridine rings is 2. The zero-order valence-corrected chi connectivity index (χ0v) is 15.1. The highest BCUT2D eigenvalue weighted by atomic mass is 15.3. The molecule has 0 bridgehead atoms. The molecule has 0 radical (unpaired) electrons. The number of hydrogen-bond acceptors (Lipinski definition) is 6. The molecule has 1 aliphatic heterocycles. The molecule has 4 aromatic heterocycles. The number of hydrogen-bond donors (Lipinski definition) is 0. The first kappa shape index (κ1) is 15.9. The van der Waals surface area contributed by atoms with Crippen molar-refractivity contribution in [3.05, 3.63) is 54.7 Å². The van der Waals surface area contributed by atoms with Gasteiger partial charge >= 0.3 is 0 Å². The van der Waals surface area contributed by atoms with Crippen LogP contribution in [0.1, 0.15) is 18.4 Å². The molecule has 5 heterocycles. The van der Waals surface area contributed by atoms with E-state index in [0.29, 0.717) is 0 Å². The average molecular weight is 357 g/mol. The second-order valence-corrected chi connectivity index (χ2v) is 6.79. The maximum atomic E-state index is 4.80. The van der Waals surface area contributed by atoms with Crippen LogP contribution in [0.4, 0.5) is 5.95 Å². The summed E-state index contributed by atoms with van der Waals surface area (Å²) in [5, 5.41) is 0. The normalized spacial score (nSPS) is 14.2. The molecule has 0 unspecified atom stereocenters. The predicted octanol–water partition coefficient (Wildman–Crippen LogP) is 3.18. The molecule has 134 valence electrons. The summed E-state index contributed by atoms with van der Waals surface area (Å²) in [5.74, 6) is 2.35. The molecule has 0 spiro atoms. The fraction of sp³-hybridized carbons (Fsp3) is 0.250. The van der Waals surface area contributed by atoms with Crippen molar-refractivity contribution >= 4 is 17.0 Å². The predicted molar refractivity (Wildman–Crippen MR) is 104 cm³/mol. The van der Waals surface area contributed by atoms with Crippen molar-refractivity contribution in [3.63, 3.8) is 0 Å². The SMILES string of the molecule is Cc1ccc(-n2c(-c3cnc(N4CCCC4)nc3)nc3ccncc32)nc1. The summed E-state index contributed by atoms with van der Waals surface area (Å²) >= 11 is 0. The van der Waals surface area contributed by atoms with Gasteiger partial charge in [0.25, 0.3) is 0 Å². The third kappa shape index (κ3) is 2.81. The molecule has 0 aliphatic carbocycles. The zero-order chi connectivity index (χ0) is 18.2. The molecular formula is C20H19N7. The van der Waals surface area contributed by atoms with Gasteiger partial charge in [0, 0.05) is 37.9 Å². The van der Waals surface area contributed by atoms with E-state index in [2.05, 4.69) is 24.8 Å². The van der Waals surface area contributed by atoms with E-state index in [1.165, 1.54) is 12.8 Å². The van der Waals surface area contributed by atoms with Crippen molar-refractivity contribution < 1.29 is 0 Å². The third-order valence-corrected chi connectivity index (χ3v) is 4.87. The van der Waals surface area contributed by atoms with Gasteiger partial charge in [-0.15, -0.1) is 0 Å². The van der Waals surface area contributed by atoms with Crippen LogP contribution in [-0.2, 0) is 0 Å². The lowest BCUT2D eigenvalue weighted by Crippen LogP contribution is -2.20. The Labute approximate surface area is 156 Å². The molecule has 0 N–H and O–H groups in total. The summed E-state index contributed by atoms with van der Waals surface area (Å²) in [6.45, 7) is 4.07.